The highest BCUT2D eigenvalue weighted by Gasteiger charge is 2.09. The summed E-state index contributed by atoms with van der Waals surface area (Å²) in [5.74, 6) is 1.19. The number of rotatable bonds is 4. The fraction of sp³-hybridized carbons (Fsp3) is 0.125. The third-order valence-corrected chi connectivity index (χ3v) is 3.42. The van der Waals surface area contributed by atoms with Gasteiger partial charge in [-0.2, -0.15) is 4.98 Å². The summed E-state index contributed by atoms with van der Waals surface area (Å²) in [4.78, 5) is 4.42. The molecule has 0 aliphatic carbocycles. The molecule has 4 nitrogen and oxygen atoms in total. The lowest BCUT2D eigenvalue weighted by Crippen LogP contribution is -1.90. The van der Waals surface area contributed by atoms with Gasteiger partial charge in [-0.3, -0.25) is 0 Å². The molecule has 106 valence electrons. The van der Waals surface area contributed by atoms with Crippen molar-refractivity contribution < 1.29 is 4.52 Å². The van der Waals surface area contributed by atoms with Crippen LogP contribution in [0, 0.1) is 0 Å². The first-order chi connectivity index (χ1) is 10.2. The van der Waals surface area contributed by atoms with E-state index in [-0.39, 0.29) is 0 Å². The van der Waals surface area contributed by atoms with Crippen LogP contribution in [-0.4, -0.2) is 17.2 Å². The van der Waals surface area contributed by atoms with Gasteiger partial charge in [0, 0.05) is 29.7 Å². The third kappa shape index (κ3) is 3.23. The Labute approximate surface area is 127 Å². The van der Waals surface area contributed by atoms with Crippen LogP contribution in [0.2, 0.25) is 5.02 Å². The lowest BCUT2D eigenvalue weighted by molar-refractivity contribution is 0.424. The minimum absolute atomic E-state index is 0.529. The summed E-state index contributed by atoms with van der Waals surface area (Å²) in [5, 5.41) is 7.81. The standard InChI is InChI=1S/C16H14ClN3O/c1-18-14-8-4-12(5-9-14)16-19-15(20-21-16)10-11-2-6-13(17)7-3-11/h2-9,18H,10H2,1H3. The minimum atomic E-state index is 0.529. The Morgan fingerprint density at radius 2 is 1.76 bits per heavy atom. The van der Waals surface area contributed by atoms with E-state index in [2.05, 4.69) is 15.5 Å². The second-order valence-electron chi connectivity index (χ2n) is 4.65. The Hall–Kier alpha value is -2.33. The molecule has 0 saturated heterocycles. The lowest BCUT2D eigenvalue weighted by atomic mass is 10.1. The molecule has 3 rings (SSSR count). The van der Waals surface area contributed by atoms with E-state index in [1.54, 1.807) is 0 Å². The normalized spacial score (nSPS) is 10.6. The number of anilines is 1. The van der Waals surface area contributed by atoms with Crippen molar-refractivity contribution >= 4 is 17.3 Å². The molecule has 0 saturated carbocycles. The van der Waals surface area contributed by atoms with Crippen LogP contribution in [0.25, 0.3) is 11.5 Å². The predicted octanol–water partition coefficient (Wildman–Crippen LogP) is 4.02. The Morgan fingerprint density at radius 1 is 1.05 bits per heavy atom. The monoisotopic (exact) mass is 299 g/mol. The van der Waals surface area contributed by atoms with Crippen LogP contribution < -0.4 is 5.32 Å². The van der Waals surface area contributed by atoms with Gasteiger partial charge in [-0.1, -0.05) is 28.9 Å². The number of nitrogens with zero attached hydrogens (tertiary/aromatic N) is 2. The molecular formula is C16H14ClN3O. The molecule has 3 aromatic rings. The van der Waals surface area contributed by atoms with Crippen molar-refractivity contribution in [3.05, 3.63) is 64.9 Å². The van der Waals surface area contributed by atoms with E-state index in [1.165, 1.54) is 0 Å². The van der Waals surface area contributed by atoms with Crippen LogP contribution in [0.15, 0.2) is 53.1 Å². The number of halogens is 1. The SMILES string of the molecule is CNc1ccc(-c2nc(Cc3ccc(Cl)cc3)no2)cc1. The van der Waals surface area contributed by atoms with Gasteiger partial charge in [-0.25, -0.2) is 0 Å². The van der Waals surface area contributed by atoms with Gasteiger partial charge in [-0.05, 0) is 42.0 Å². The first-order valence-corrected chi connectivity index (χ1v) is 6.97. The second-order valence-corrected chi connectivity index (χ2v) is 5.08. The van der Waals surface area contributed by atoms with Gasteiger partial charge >= 0.3 is 0 Å². The molecule has 0 bridgehead atoms. The van der Waals surface area contributed by atoms with E-state index in [9.17, 15) is 0 Å². The molecule has 1 aromatic heterocycles. The molecule has 1 N–H and O–H groups in total. The molecule has 0 radical (unpaired) electrons. The molecule has 0 unspecified atom stereocenters. The minimum Gasteiger partial charge on any atom is -0.388 e. The first-order valence-electron chi connectivity index (χ1n) is 6.60. The highest BCUT2D eigenvalue weighted by molar-refractivity contribution is 6.30. The number of hydrogen-bond donors (Lipinski definition) is 1. The summed E-state index contributed by atoms with van der Waals surface area (Å²) in [7, 11) is 1.88. The smallest absolute Gasteiger partial charge is 0.257 e. The van der Waals surface area contributed by atoms with Crippen molar-refractivity contribution in [1.29, 1.82) is 0 Å². The van der Waals surface area contributed by atoms with Gasteiger partial charge in [0.05, 0.1) is 0 Å². The first kappa shape index (κ1) is 13.6. The summed E-state index contributed by atoms with van der Waals surface area (Å²) in [5.41, 5.74) is 3.04. The van der Waals surface area contributed by atoms with E-state index in [4.69, 9.17) is 16.1 Å². The van der Waals surface area contributed by atoms with Crippen molar-refractivity contribution in [2.45, 2.75) is 6.42 Å². The van der Waals surface area contributed by atoms with Crippen LogP contribution in [0.5, 0.6) is 0 Å². The zero-order chi connectivity index (χ0) is 14.7. The molecule has 0 aliphatic rings. The fourth-order valence-corrected chi connectivity index (χ4v) is 2.13. The lowest BCUT2D eigenvalue weighted by Gasteiger charge is -1.99. The van der Waals surface area contributed by atoms with Gasteiger partial charge in [0.2, 0.25) is 0 Å². The van der Waals surface area contributed by atoms with Gasteiger partial charge in [0.1, 0.15) is 0 Å². The summed E-state index contributed by atoms with van der Waals surface area (Å²) >= 11 is 5.87. The zero-order valence-corrected chi connectivity index (χ0v) is 12.3. The largest absolute Gasteiger partial charge is 0.388 e. The van der Waals surface area contributed by atoms with Crippen molar-refractivity contribution in [2.24, 2.45) is 0 Å². The Kier molecular flexibility index (Phi) is 3.88. The zero-order valence-electron chi connectivity index (χ0n) is 11.5. The molecule has 1 heterocycles. The number of hydrogen-bond acceptors (Lipinski definition) is 4. The third-order valence-electron chi connectivity index (χ3n) is 3.16. The quantitative estimate of drug-likeness (QED) is 0.790. The topological polar surface area (TPSA) is 51.0 Å². The molecule has 2 aromatic carbocycles. The Morgan fingerprint density at radius 3 is 2.43 bits per heavy atom. The summed E-state index contributed by atoms with van der Waals surface area (Å²) < 4.78 is 5.31. The van der Waals surface area contributed by atoms with E-state index in [1.807, 2.05) is 55.6 Å². The molecule has 0 atom stereocenters. The van der Waals surface area contributed by atoms with Crippen LogP contribution in [-0.2, 0) is 6.42 Å². The number of benzene rings is 2. The average molecular weight is 300 g/mol. The molecule has 0 aliphatic heterocycles. The number of aromatic nitrogens is 2. The fourth-order valence-electron chi connectivity index (χ4n) is 2.01. The summed E-state index contributed by atoms with van der Waals surface area (Å²) in [6.45, 7) is 0. The van der Waals surface area contributed by atoms with Crippen LogP contribution in [0.4, 0.5) is 5.69 Å². The Bertz CT molecular complexity index is 720. The van der Waals surface area contributed by atoms with Crippen molar-refractivity contribution in [3.63, 3.8) is 0 Å². The average Bonchev–Trinajstić information content (AvgIpc) is 2.98. The highest BCUT2D eigenvalue weighted by Crippen LogP contribution is 2.20. The summed E-state index contributed by atoms with van der Waals surface area (Å²) in [6.07, 6.45) is 0.620. The van der Waals surface area contributed by atoms with E-state index >= 15 is 0 Å². The van der Waals surface area contributed by atoms with E-state index in [0.717, 1.165) is 21.8 Å². The van der Waals surface area contributed by atoms with Gasteiger partial charge in [0.25, 0.3) is 5.89 Å². The Balaban J connectivity index is 1.77. The van der Waals surface area contributed by atoms with Gasteiger partial charge in [-0.15, -0.1) is 0 Å². The highest BCUT2D eigenvalue weighted by atomic mass is 35.5. The molecule has 0 fully saturated rings. The molecule has 0 amide bonds. The molecule has 21 heavy (non-hydrogen) atoms. The molecule has 0 spiro atoms. The van der Waals surface area contributed by atoms with Crippen LogP contribution in [0.3, 0.4) is 0 Å². The van der Waals surface area contributed by atoms with Crippen molar-refractivity contribution in [1.82, 2.24) is 10.1 Å². The van der Waals surface area contributed by atoms with Crippen molar-refractivity contribution in [3.8, 4) is 11.5 Å². The van der Waals surface area contributed by atoms with E-state index < -0.39 is 0 Å². The van der Waals surface area contributed by atoms with E-state index in [0.29, 0.717) is 18.1 Å². The molecular weight excluding hydrogens is 286 g/mol. The van der Waals surface area contributed by atoms with Crippen LogP contribution >= 0.6 is 11.6 Å². The molecule has 5 heteroatoms. The summed E-state index contributed by atoms with van der Waals surface area (Å²) in [6, 6.07) is 15.5. The number of nitrogens with one attached hydrogen (secondary N) is 1. The maximum absolute atomic E-state index is 5.87. The second kappa shape index (κ2) is 5.97. The van der Waals surface area contributed by atoms with Gasteiger partial charge in [0.15, 0.2) is 5.82 Å². The maximum Gasteiger partial charge on any atom is 0.257 e. The van der Waals surface area contributed by atoms with Crippen LogP contribution in [0.1, 0.15) is 11.4 Å². The van der Waals surface area contributed by atoms with Gasteiger partial charge < -0.3 is 9.84 Å². The predicted molar refractivity (Wildman–Crippen MR) is 83.5 cm³/mol. The van der Waals surface area contributed by atoms with Crippen molar-refractivity contribution in [2.75, 3.05) is 12.4 Å². The maximum atomic E-state index is 5.87.